The van der Waals surface area contributed by atoms with Gasteiger partial charge in [-0.3, -0.25) is 9.67 Å². The van der Waals surface area contributed by atoms with Crippen LogP contribution in [0.4, 0.5) is 0 Å². The molecule has 1 unspecified atom stereocenters. The Labute approximate surface area is 186 Å². The molecule has 1 atom stereocenters. The molecule has 0 radical (unpaired) electrons. The molecule has 0 bridgehead atoms. The van der Waals surface area contributed by atoms with Gasteiger partial charge in [0.15, 0.2) is 17.5 Å². The molecule has 0 saturated carbocycles. The first-order valence-corrected chi connectivity index (χ1v) is 10.8. The lowest BCUT2D eigenvalue weighted by molar-refractivity contribution is 0.303. The molecule has 2 N–H and O–H groups in total. The minimum atomic E-state index is 0.116. The molecule has 1 aromatic heterocycles. The highest BCUT2D eigenvalue weighted by Gasteiger charge is 2.16. The van der Waals surface area contributed by atoms with Crippen LogP contribution in [0, 0.1) is 13.8 Å². The number of ether oxygens (including phenoxy) is 2. The number of hydrogen-bond donors (Lipinski definition) is 2. The van der Waals surface area contributed by atoms with Crippen LogP contribution >= 0.6 is 0 Å². The number of nitrogens with zero attached hydrogens (tertiary/aromatic N) is 4. The predicted octanol–water partition coefficient (Wildman–Crippen LogP) is 2.77. The largest absolute Gasteiger partial charge is 0.493 e. The van der Waals surface area contributed by atoms with E-state index in [1.807, 2.05) is 19.1 Å². The van der Waals surface area contributed by atoms with Gasteiger partial charge in [-0.05, 0) is 65.0 Å². The van der Waals surface area contributed by atoms with Gasteiger partial charge in [0.2, 0.25) is 0 Å². The summed E-state index contributed by atoms with van der Waals surface area (Å²) in [6.07, 6.45) is 0.971. The molecule has 1 heterocycles. The summed E-state index contributed by atoms with van der Waals surface area (Å²) in [6, 6.07) is 8.25. The van der Waals surface area contributed by atoms with Gasteiger partial charge >= 0.3 is 0 Å². The van der Waals surface area contributed by atoms with E-state index >= 15 is 0 Å². The lowest BCUT2D eigenvalue weighted by atomic mass is 10.1. The zero-order valence-corrected chi connectivity index (χ0v) is 20.0. The first-order valence-electron chi connectivity index (χ1n) is 10.8. The highest BCUT2D eigenvalue weighted by Crippen LogP contribution is 2.31. The Morgan fingerprint density at radius 1 is 1.13 bits per heavy atom. The van der Waals surface area contributed by atoms with E-state index in [2.05, 4.69) is 65.4 Å². The Balaban J connectivity index is 2.01. The Morgan fingerprint density at radius 3 is 2.45 bits per heavy atom. The van der Waals surface area contributed by atoms with Gasteiger partial charge < -0.3 is 25.0 Å². The van der Waals surface area contributed by atoms with Crippen LogP contribution in [0.2, 0.25) is 0 Å². The molecule has 0 aliphatic heterocycles. The van der Waals surface area contributed by atoms with Crippen LogP contribution in [-0.2, 0) is 6.54 Å². The Bertz CT molecular complexity index is 847. The summed E-state index contributed by atoms with van der Waals surface area (Å²) < 4.78 is 12.9. The van der Waals surface area contributed by atoms with Crippen LogP contribution in [0.25, 0.3) is 0 Å². The molecule has 2 aromatic rings. The van der Waals surface area contributed by atoms with Crippen molar-refractivity contribution in [3.05, 3.63) is 41.2 Å². The maximum Gasteiger partial charge on any atom is 0.191 e. The molecule has 0 spiro atoms. The number of hydrogen-bond acceptors (Lipinski definition) is 5. The second kappa shape index (κ2) is 12.2. The molecule has 0 aliphatic carbocycles. The maximum atomic E-state index is 5.47. The van der Waals surface area contributed by atoms with Crippen LogP contribution in [0.15, 0.2) is 29.3 Å². The van der Waals surface area contributed by atoms with Crippen molar-refractivity contribution in [2.75, 3.05) is 47.9 Å². The molecule has 1 aromatic carbocycles. The molecule has 2 rings (SSSR count). The van der Waals surface area contributed by atoms with Crippen LogP contribution in [0.1, 0.15) is 36.3 Å². The summed E-state index contributed by atoms with van der Waals surface area (Å²) in [5.41, 5.74) is 3.39. The van der Waals surface area contributed by atoms with Crippen molar-refractivity contribution < 1.29 is 9.47 Å². The number of aliphatic imine (C=N–C) groups is 1. The molecule has 172 valence electrons. The van der Waals surface area contributed by atoms with Gasteiger partial charge in [0.05, 0.1) is 32.5 Å². The van der Waals surface area contributed by atoms with E-state index in [1.165, 1.54) is 5.69 Å². The van der Waals surface area contributed by atoms with Crippen molar-refractivity contribution >= 4 is 5.96 Å². The fraction of sp³-hybridized carbons (Fsp3) is 0.565. The third kappa shape index (κ3) is 7.17. The molecule has 0 aliphatic rings. The zero-order valence-electron chi connectivity index (χ0n) is 20.0. The molecular formula is C23H38N6O2. The number of aromatic nitrogens is 2. The summed E-state index contributed by atoms with van der Waals surface area (Å²) >= 11 is 0. The topological polar surface area (TPSA) is 75.9 Å². The number of benzene rings is 1. The van der Waals surface area contributed by atoms with E-state index in [9.17, 15) is 0 Å². The summed E-state index contributed by atoms with van der Waals surface area (Å²) in [6.45, 7) is 9.34. The van der Waals surface area contributed by atoms with Crippen LogP contribution in [-0.4, -0.2) is 68.6 Å². The average molecular weight is 431 g/mol. The van der Waals surface area contributed by atoms with E-state index in [0.717, 1.165) is 54.8 Å². The second-order valence-corrected chi connectivity index (χ2v) is 7.74. The van der Waals surface area contributed by atoms with Gasteiger partial charge in [-0.25, -0.2) is 0 Å². The minimum Gasteiger partial charge on any atom is -0.493 e. The standard InChI is InChI=1S/C23H38N6O2/c1-8-24-23(25-12-9-13-29-18(3)14-17(2)27-29)26-16-20(28(4)5)19-10-11-21(30-6)22(15-19)31-7/h10-11,14-15,20H,8-9,12-13,16H2,1-7H3,(H2,24,25,26). The molecule has 31 heavy (non-hydrogen) atoms. The number of guanidine groups is 1. The quantitative estimate of drug-likeness (QED) is 0.324. The highest BCUT2D eigenvalue weighted by atomic mass is 16.5. The summed E-state index contributed by atoms with van der Waals surface area (Å²) in [4.78, 5) is 7.00. The minimum absolute atomic E-state index is 0.116. The smallest absolute Gasteiger partial charge is 0.191 e. The van der Waals surface area contributed by atoms with Gasteiger partial charge in [-0.1, -0.05) is 6.07 Å². The summed E-state index contributed by atoms with van der Waals surface area (Å²) in [5.74, 6) is 2.28. The summed E-state index contributed by atoms with van der Waals surface area (Å²) in [7, 11) is 7.43. The molecule has 8 heteroatoms. The third-order valence-electron chi connectivity index (χ3n) is 5.12. The maximum absolute atomic E-state index is 5.47. The monoisotopic (exact) mass is 430 g/mol. The lowest BCUT2D eigenvalue weighted by Gasteiger charge is -2.24. The van der Waals surface area contributed by atoms with Crippen molar-refractivity contribution in [3.8, 4) is 11.5 Å². The van der Waals surface area contributed by atoms with Gasteiger partial charge in [0.25, 0.3) is 0 Å². The number of rotatable bonds is 11. The highest BCUT2D eigenvalue weighted by molar-refractivity contribution is 5.79. The fourth-order valence-corrected chi connectivity index (χ4v) is 3.48. The van der Waals surface area contributed by atoms with Crippen molar-refractivity contribution in [3.63, 3.8) is 0 Å². The molecule has 8 nitrogen and oxygen atoms in total. The molecule has 0 fully saturated rings. The lowest BCUT2D eigenvalue weighted by Crippen LogP contribution is -2.38. The van der Waals surface area contributed by atoms with E-state index in [1.54, 1.807) is 14.2 Å². The van der Waals surface area contributed by atoms with E-state index in [4.69, 9.17) is 14.5 Å². The zero-order chi connectivity index (χ0) is 22.8. The van der Waals surface area contributed by atoms with Crippen molar-refractivity contribution in [1.82, 2.24) is 25.3 Å². The number of nitrogens with one attached hydrogen (secondary N) is 2. The van der Waals surface area contributed by atoms with Crippen molar-refractivity contribution in [2.45, 2.75) is 39.8 Å². The fourth-order valence-electron chi connectivity index (χ4n) is 3.48. The Hall–Kier alpha value is -2.74. The molecule has 0 saturated heterocycles. The van der Waals surface area contributed by atoms with Crippen molar-refractivity contribution in [1.29, 1.82) is 0 Å². The number of likely N-dealkylation sites (N-methyl/N-ethyl adjacent to an activating group) is 1. The molecule has 0 amide bonds. The van der Waals surface area contributed by atoms with Crippen LogP contribution in [0.3, 0.4) is 0 Å². The number of aryl methyl sites for hydroxylation is 3. The molecular weight excluding hydrogens is 392 g/mol. The normalized spacial score (nSPS) is 12.7. The predicted molar refractivity (Wildman–Crippen MR) is 126 cm³/mol. The van der Waals surface area contributed by atoms with Crippen LogP contribution in [0.5, 0.6) is 11.5 Å². The SMILES string of the molecule is CCNC(=NCC(c1ccc(OC)c(OC)c1)N(C)C)NCCCn1nc(C)cc1C. The van der Waals surface area contributed by atoms with Gasteiger partial charge in [0, 0.05) is 25.3 Å². The first-order chi connectivity index (χ1) is 14.9. The van der Waals surface area contributed by atoms with Gasteiger partial charge in [0.1, 0.15) is 0 Å². The van der Waals surface area contributed by atoms with E-state index in [-0.39, 0.29) is 6.04 Å². The Morgan fingerprint density at radius 2 is 1.87 bits per heavy atom. The summed E-state index contributed by atoms with van der Waals surface area (Å²) in [5, 5.41) is 11.3. The number of methoxy groups -OCH3 is 2. The average Bonchev–Trinajstić information content (AvgIpc) is 3.07. The van der Waals surface area contributed by atoms with E-state index in [0.29, 0.717) is 6.54 Å². The van der Waals surface area contributed by atoms with E-state index < -0.39 is 0 Å². The Kier molecular flexibility index (Phi) is 9.65. The van der Waals surface area contributed by atoms with Gasteiger partial charge in [-0.15, -0.1) is 0 Å². The van der Waals surface area contributed by atoms with Crippen molar-refractivity contribution in [2.24, 2.45) is 4.99 Å². The third-order valence-corrected chi connectivity index (χ3v) is 5.12. The van der Waals surface area contributed by atoms with Gasteiger partial charge in [-0.2, -0.15) is 5.10 Å². The first kappa shape index (κ1) is 24.5. The van der Waals surface area contributed by atoms with Crippen LogP contribution < -0.4 is 20.1 Å². The second-order valence-electron chi connectivity index (χ2n) is 7.74.